The fourth-order valence-corrected chi connectivity index (χ4v) is 0.969. The molecule has 3 nitrogen and oxygen atoms in total. The van der Waals surface area contributed by atoms with Gasteiger partial charge in [-0.1, -0.05) is 13.8 Å². The molecule has 0 unspecified atom stereocenters. The molecule has 0 spiro atoms. The lowest BCUT2D eigenvalue weighted by molar-refractivity contribution is 0.505. The van der Waals surface area contributed by atoms with E-state index in [0.717, 1.165) is 31.0 Å². The van der Waals surface area contributed by atoms with Crippen molar-refractivity contribution in [2.75, 3.05) is 6.54 Å². The molecule has 0 atom stereocenters. The van der Waals surface area contributed by atoms with Crippen LogP contribution in [0.25, 0.3) is 0 Å². The topological polar surface area (TPSA) is 38.1 Å². The van der Waals surface area contributed by atoms with E-state index in [-0.39, 0.29) is 0 Å². The predicted molar refractivity (Wildman–Crippen MR) is 43.3 cm³/mol. The Morgan fingerprint density at radius 3 is 3.00 bits per heavy atom. The van der Waals surface area contributed by atoms with E-state index in [1.165, 1.54) is 6.39 Å². The Balaban J connectivity index is 2.54. The van der Waals surface area contributed by atoms with Gasteiger partial charge < -0.3 is 9.73 Å². The van der Waals surface area contributed by atoms with Crippen molar-refractivity contribution in [3.05, 3.63) is 17.8 Å². The molecule has 0 aliphatic carbocycles. The minimum atomic E-state index is 0.816. The molecule has 1 heterocycles. The van der Waals surface area contributed by atoms with Crippen LogP contribution in [0.3, 0.4) is 0 Å². The monoisotopic (exact) mass is 154 g/mol. The van der Waals surface area contributed by atoms with Gasteiger partial charge in [0.15, 0.2) is 6.39 Å². The van der Waals surface area contributed by atoms with Crippen molar-refractivity contribution in [3.63, 3.8) is 0 Å². The van der Waals surface area contributed by atoms with Crippen molar-refractivity contribution in [1.29, 1.82) is 0 Å². The van der Waals surface area contributed by atoms with Crippen LogP contribution in [0.15, 0.2) is 10.8 Å². The highest BCUT2D eigenvalue weighted by Crippen LogP contribution is 2.06. The van der Waals surface area contributed by atoms with Gasteiger partial charge in [0.05, 0.1) is 5.69 Å². The molecule has 0 saturated carbocycles. The van der Waals surface area contributed by atoms with Gasteiger partial charge in [-0.2, -0.15) is 0 Å². The molecule has 11 heavy (non-hydrogen) atoms. The van der Waals surface area contributed by atoms with Gasteiger partial charge in [0.25, 0.3) is 0 Å². The lowest BCUT2D eigenvalue weighted by Crippen LogP contribution is -2.13. The van der Waals surface area contributed by atoms with E-state index in [4.69, 9.17) is 4.42 Å². The highest BCUT2D eigenvalue weighted by Gasteiger charge is 2.03. The summed E-state index contributed by atoms with van der Waals surface area (Å²) in [6, 6.07) is 0. The standard InChI is InChI=1S/C8H14N2O/c1-3-8-7(5-9-4-2)10-6-11-8/h6,9H,3-5H2,1-2H3. The maximum atomic E-state index is 5.16. The second-order valence-corrected chi connectivity index (χ2v) is 2.36. The molecule has 1 rings (SSSR count). The van der Waals surface area contributed by atoms with Crippen LogP contribution in [0.1, 0.15) is 25.3 Å². The van der Waals surface area contributed by atoms with Gasteiger partial charge >= 0.3 is 0 Å². The van der Waals surface area contributed by atoms with Crippen LogP contribution >= 0.6 is 0 Å². The largest absolute Gasteiger partial charge is 0.448 e. The van der Waals surface area contributed by atoms with Crippen LogP contribution < -0.4 is 5.32 Å². The van der Waals surface area contributed by atoms with Crippen LogP contribution in [0.2, 0.25) is 0 Å². The smallest absolute Gasteiger partial charge is 0.181 e. The van der Waals surface area contributed by atoms with E-state index in [2.05, 4.69) is 24.1 Å². The molecule has 1 aromatic heterocycles. The molecule has 0 aromatic carbocycles. The number of nitrogens with one attached hydrogen (secondary N) is 1. The zero-order chi connectivity index (χ0) is 8.10. The first-order valence-corrected chi connectivity index (χ1v) is 4.00. The van der Waals surface area contributed by atoms with E-state index >= 15 is 0 Å². The van der Waals surface area contributed by atoms with Crippen molar-refractivity contribution in [1.82, 2.24) is 10.3 Å². The molecule has 1 aromatic rings. The Labute approximate surface area is 66.8 Å². The van der Waals surface area contributed by atoms with Crippen molar-refractivity contribution >= 4 is 0 Å². The maximum Gasteiger partial charge on any atom is 0.181 e. The summed E-state index contributed by atoms with van der Waals surface area (Å²) in [7, 11) is 0. The van der Waals surface area contributed by atoms with Crippen molar-refractivity contribution < 1.29 is 4.42 Å². The summed E-state index contributed by atoms with van der Waals surface area (Å²) in [5.74, 6) is 0.992. The van der Waals surface area contributed by atoms with Gasteiger partial charge in [-0.3, -0.25) is 0 Å². The van der Waals surface area contributed by atoms with Gasteiger partial charge in [0.1, 0.15) is 5.76 Å². The summed E-state index contributed by atoms with van der Waals surface area (Å²) in [6.45, 7) is 5.92. The predicted octanol–water partition coefficient (Wildman–Crippen LogP) is 1.35. The quantitative estimate of drug-likeness (QED) is 0.711. The lowest BCUT2D eigenvalue weighted by Gasteiger charge is -1.97. The molecule has 0 amide bonds. The third-order valence-electron chi connectivity index (χ3n) is 1.59. The summed E-state index contributed by atoms with van der Waals surface area (Å²) in [5, 5.41) is 3.20. The van der Waals surface area contributed by atoms with E-state index in [1.54, 1.807) is 0 Å². The normalized spacial score (nSPS) is 10.4. The highest BCUT2D eigenvalue weighted by atomic mass is 16.3. The number of oxazole rings is 1. The van der Waals surface area contributed by atoms with E-state index in [1.807, 2.05) is 0 Å². The lowest BCUT2D eigenvalue weighted by atomic mass is 10.3. The maximum absolute atomic E-state index is 5.16. The fraction of sp³-hybridized carbons (Fsp3) is 0.625. The van der Waals surface area contributed by atoms with Crippen LogP contribution in [0.5, 0.6) is 0 Å². The Bertz CT molecular complexity index is 208. The Morgan fingerprint density at radius 2 is 2.36 bits per heavy atom. The molecule has 1 N–H and O–H groups in total. The SMILES string of the molecule is CCNCc1ncoc1CC. The minimum Gasteiger partial charge on any atom is -0.448 e. The van der Waals surface area contributed by atoms with Gasteiger partial charge in [-0.25, -0.2) is 4.98 Å². The van der Waals surface area contributed by atoms with Crippen LogP contribution in [-0.2, 0) is 13.0 Å². The molecular formula is C8H14N2O. The summed E-state index contributed by atoms with van der Waals surface area (Å²) in [5.41, 5.74) is 1.04. The second kappa shape index (κ2) is 4.13. The molecule has 0 fully saturated rings. The van der Waals surface area contributed by atoms with Gasteiger partial charge in [-0.05, 0) is 6.54 Å². The average Bonchev–Trinajstić information content (AvgIpc) is 2.47. The number of nitrogens with zero attached hydrogens (tertiary/aromatic N) is 1. The summed E-state index contributed by atoms with van der Waals surface area (Å²) >= 11 is 0. The molecule has 0 radical (unpaired) electrons. The third kappa shape index (κ3) is 2.05. The van der Waals surface area contributed by atoms with E-state index in [0.29, 0.717) is 0 Å². The summed E-state index contributed by atoms with van der Waals surface area (Å²) in [4.78, 5) is 4.10. The molecule has 62 valence electrons. The number of hydrogen-bond acceptors (Lipinski definition) is 3. The molecule has 0 bridgehead atoms. The first-order valence-electron chi connectivity index (χ1n) is 4.00. The first kappa shape index (κ1) is 8.27. The van der Waals surface area contributed by atoms with Gasteiger partial charge in [-0.15, -0.1) is 0 Å². The summed E-state index contributed by atoms with van der Waals surface area (Å²) in [6.07, 6.45) is 2.42. The zero-order valence-electron chi connectivity index (χ0n) is 7.05. The van der Waals surface area contributed by atoms with Gasteiger partial charge in [0, 0.05) is 13.0 Å². The van der Waals surface area contributed by atoms with E-state index in [9.17, 15) is 0 Å². The molecule has 0 aliphatic rings. The first-order chi connectivity index (χ1) is 5.38. The summed E-state index contributed by atoms with van der Waals surface area (Å²) < 4.78 is 5.16. The number of aryl methyl sites for hydroxylation is 1. The second-order valence-electron chi connectivity index (χ2n) is 2.36. The number of rotatable bonds is 4. The Kier molecular flexibility index (Phi) is 3.11. The molecule has 3 heteroatoms. The third-order valence-corrected chi connectivity index (χ3v) is 1.59. The fourth-order valence-electron chi connectivity index (χ4n) is 0.969. The zero-order valence-corrected chi connectivity index (χ0v) is 7.05. The van der Waals surface area contributed by atoms with Crippen LogP contribution in [-0.4, -0.2) is 11.5 Å². The Hall–Kier alpha value is -0.830. The average molecular weight is 154 g/mol. The van der Waals surface area contributed by atoms with Gasteiger partial charge in [0.2, 0.25) is 0 Å². The number of aromatic nitrogens is 1. The Morgan fingerprint density at radius 1 is 1.55 bits per heavy atom. The minimum absolute atomic E-state index is 0.816. The highest BCUT2D eigenvalue weighted by molar-refractivity contribution is 5.06. The van der Waals surface area contributed by atoms with Crippen LogP contribution in [0.4, 0.5) is 0 Å². The number of hydrogen-bond donors (Lipinski definition) is 1. The molecule has 0 saturated heterocycles. The van der Waals surface area contributed by atoms with Crippen molar-refractivity contribution in [2.24, 2.45) is 0 Å². The van der Waals surface area contributed by atoms with Crippen molar-refractivity contribution in [2.45, 2.75) is 26.8 Å². The molecular weight excluding hydrogens is 140 g/mol. The van der Waals surface area contributed by atoms with E-state index < -0.39 is 0 Å². The van der Waals surface area contributed by atoms with Crippen molar-refractivity contribution in [3.8, 4) is 0 Å². The molecule has 0 aliphatic heterocycles. The van der Waals surface area contributed by atoms with Crippen LogP contribution in [0, 0.1) is 0 Å².